The number of rotatable bonds is 2. The maximum absolute atomic E-state index is 2.33. The molecule has 50 valence electrons. The first-order valence-electron chi connectivity index (χ1n) is 3.19. The maximum Gasteiger partial charge on any atom is -0.0158 e. The lowest BCUT2D eigenvalue weighted by Gasteiger charge is -2.27. The molecule has 0 spiro atoms. The third-order valence-electron chi connectivity index (χ3n) is 2.09. The topological polar surface area (TPSA) is 0 Å². The van der Waals surface area contributed by atoms with Crippen molar-refractivity contribution in [3.8, 4) is 0 Å². The van der Waals surface area contributed by atoms with E-state index in [1.54, 1.807) is 0 Å². The standard InChI is InChI=1S/C7H17P/c1-6(2)7(3,4)8-5/h6,8H,1-5H3. The molecular weight excluding hydrogens is 115 g/mol. The van der Waals surface area contributed by atoms with Crippen LogP contribution in [0.5, 0.6) is 0 Å². The predicted octanol–water partition coefficient (Wildman–Crippen LogP) is 2.73. The van der Waals surface area contributed by atoms with Gasteiger partial charge < -0.3 is 0 Å². The van der Waals surface area contributed by atoms with Crippen molar-refractivity contribution in [2.75, 3.05) is 6.66 Å². The highest BCUT2D eigenvalue weighted by Gasteiger charge is 2.18. The minimum absolute atomic E-state index is 0.569. The highest BCUT2D eigenvalue weighted by Crippen LogP contribution is 2.34. The van der Waals surface area contributed by atoms with Crippen molar-refractivity contribution in [1.29, 1.82) is 0 Å². The van der Waals surface area contributed by atoms with Gasteiger partial charge >= 0.3 is 0 Å². The smallest absolute Gasteiger partial charge is 0.0158 e. The minimum atomic E-state index is 0.569. The van der Waals surface area contributed by atoms with Crippen LogP contribution in [0.1, 0.15) is 27.7 Å². The van der Waals surface area contributed by atoms with E-state index in [9.17, 15) is 0 Å². The Hall–Kier alpha value is 0.430. The Kier molecular flexibility index (Phi) is 2.98. The Morgan fingerprint density at radius 1 is 1.25 bits per heavy atom. The Morgan fingerprint density at radius 3 is 1.62 bits per heavy atom. The van der Waals surface area contributed by atoms with Gasteiger partial charge in [-0.05, 0) is 17.7 Å². The average molecular weight is 132 g/mol. The van der Waals surface area contributed by atoms with Crippen molar-refractivity contribution in [2.45, 2.75) is 32.9 Å². The Balaban J connectivity index is 3.71. The maximum atomic E-state index is 2.33. The van der Waals surface area contributed by atoms with E-state index in [4.69, 9.17) is 0 Å². The molecule has 0 nitrogen and oxygen atoms in total. The molecule has 0 rings (SSSR count). The molecule has 0 aliphatic heterocycles. The van der Waals surface area contributed by atoms with Crippen LogP contribution in [0, 0.1) is 5.92 Å². The zero-order valence-corrected chi connectivity index (χ0v) is 7.58. The molecule has 1 atom stereocenters. The molecule has 0 saturated heterocycles. The highest BCUT2D eigenvalue weighted by molar-refractivity contribution is 7.38. The summed E-state index contributed by atoms with van der Waals surface area (Å²) in [6, 6.07) is 0. The fraction of sp³-hybridized carbons (Fsp3) is 1.00. The summed E-state index contributed by atoms with van der Waals surface area (Å²) in [5.74, 6) is 0.825. The van der Waals surface area contributed by atoms with Gasteiger partial charge in [0.1, 0.15) is 0 Å². The van der Waals surface area contributed by atoms with Crippen LogP contribution in [-0.2, 0) is 0 Å². The SMILES string of the molecule is CPC(C)(C)C(C)C. The number of hydrogen-bond donors (Lipinski definition) is 0. The van der Waals surface area contributed by atoms with Gasteiger partial charge in [0, 0.05) is 0 Å². The molecule has 0 N–H and O–H groups in total. The molecule has 0 aromatic rings. The summed E-state index contributed by atoms with van der Waals surface area (Å²) in [6.45, 7) is 11.5. The van der Waals surface area contributed by atoms with Gasteiger partial charge in [0.25, 0.3) is 0 Å². The molecule has 0 bridgehead atoms. The van der Waals surface area contributed by atoms with Crippen LogP contribution in [0.4, 0.5) is 0 Å². The van der Waals surface area contributed by atoms with Gasteiger partial charge in [0.2, 0.25) is 0 Å². The summed E-state index contributed by atoms with van der Waals surface area (Å²) in [5, 5.41) is 0.569. The molecule has 8 heavy (non-hydrogen) atoms. The molecule has 0 aliphatic carbocycles. The average Bonchev–Trinajstić information content (AvgIpc) is 1.67. The third-order valence-corrected chi connectivity index (χ3v) is 3.95. The van der Waals surface area contributed by atoms with Gasteiger partial charge in [-0.3, -0.25) is 0 Å². The second-order valence-electron chi connectivity index (χ2n) is 3.13. The molecule has 1 unspecified atom stereocenters. The number of hydrogen-bond acceptors (Lipinski definition) is 0. The molecule has 0 saturated carbocycles. The fourth-order valence-corrected chi connectivity index (χ4v) is 0.866. The summed E-state index contributed by atoms with van der Waals surface area (Å²) in [5.41, 5.74) is 0. The summed E-state index contributed by atoms with van der Waals surface area (Å²) >= 11 is 0. The Labute approximate surface area is 54.8 Å². The van der Waals surface area contributed by atoms with E-state index in [1.807, 2.05) is 0 Å². The van der Waals surface area contributed by atoms with E-state index >= 15 is 0 Å². The summed E-state index contributed by atoms with van der Waals surface area (Å²) in [7, 11) is 1.06. The van der Waals surface area contributed by atoms with Gasteiger partial charge in [0.05, 0.1) is 0 Å². The van der Waals surface area contributed by atoms with Crippen molar-refractivity contribution in [2.24, 2.45) is 5.92 Å². The van der Waals surface area contributed by atoms with Gasteiger partial charge in [-0.1, -0.05) is 27.7 Å². The molecule has 1 heteroatoms. The first-order valence-corrected chi connectivity index (χ1v) is 4.69. The fourth-order valence-electron chi connectivity index (χ4n) is 0.289. The molecule has 0 amide bonds. The summed E-state index contributed by atoms with van der Waals surface area (Å²) in [4.78, 5) is 0. The van der Waals surface area contributed by atoms with Gasteiger partial charge in [-0.25, -0.2) is 0 Å². The van der Waals surface area contributed by atoms with Crippen molar-refractivity contribution in [1.82, 2.24) is 0 Å². The molecule has 0 heterocycles. The zero-order chi connectivity index (χ0) is 6.78. The third kappa shape index (κ3) is 2.13. The van der Waals surface area contributed by atoms with Crippen LogP contribution in [-0.4, -0.2) is 11.8 Å². The lowest BCUT2D eigenvalue weighted by molar-refractivity contribution is 0.500. The van der Waals surface area contributed by atoms with Crippen LogP contribution in [0.15, 0.2) is 0 Å². The van der Waals surface area contributed by atoms with Gasteiger partial charge in [0.15, 0.2) is 0 Å². The molecule has 0 radical (unpaired) electrons. The molecule has 0 aliphatic rings. The van der Waals surface area contributed by atoms with Crippen LogP contribution in [0.3, 0.4) is 0 Å². The van der Waals surface area contributed by atoms with E-state index in [2.05, 4.69) is 34.4 Å². The second kappa shape index (κ2) is 2.82. The van der Waals surface area contributed by atoms with Gasteiger partial charge in [-0.15, -0.1) is 8.58 Å². The molecule has 0 fully saturated rings. The largest absolute Gasteiger partial charge is 0.119 e. The minimum Gasteiger partial charge on any atom is -0.119 e. The molecule has 0 aromatic heterocycles. The first-order chi connectivity index (χ1) is 3.50. The lowest BCUT2D eigenvalue weighted by Crippen LogP contribution is -2.20. The summed E-state index contributed by atoms with van der Waals surface area (Å²) in [6.07, 6.45) is 0. The Bertz CT molecular complexity index is 64.8. The first kappa shape index (κ1) is 8.43. The lowest BCUT2D eigenvalue weighted by atomic mass is 10.00. The van der Waals surface area contributed by atoms with E-state index in [0.29, 0.717) is 5.16 Å². The zero-order valence-electron chi connectivity index (χ0n) is 6.58. The summed E-state index contributed by atoms with van der Waals surface area (Å²) < 4.78 is 0. The molecular formula is C7H17P. The highest BCUT2D eigenvalue weighted by atomic mass is 31.1. The van der Waals surface area contributed by atoms with E-state index < -0.39 is 0 Å². The monoisotopic (exact) mass is 132 g/mol. The van der Waals surface area contributed by atoms with Crippen LogP contribution >= 0.6 is 8.58 Å². The normalized spacial score (nSPS) is 14.2. The van der Waals surface area contributed by atoms with Gasteiger partial charge in [-0.2, -0.15) is 0 Å². The second-order valence-corrected chi connectivity index (χ2v) is 4.92. The van der Waals surface area contributed by atoms with E-state index in [0.717, 1.165) is 14.5 Å². The van der Waals surface area contributed by atoms with Crippen molar-refractivity contribution in [3.63, 3.8) is 0 Å². The molecule has 0 aromatic carbocycles. The van der Waals surface area contributed by atoms with Crippen molar-refractivity contribution >= 4 is 8.58 Å². The van der Waals surface area contributed by atoms with E-state index in [-0.39, 0.29) is 0 Å². The van der Waals surface area contributed by atoms with Crippen LogP contribution in [0.25, 0.3) is 0 Å². The van der Waals surface area contributed by atoms with Crippen LogP contribution < -0.4 is 0 Å². The van der Waals surface area contributed by atoms with Crippen LogP contribution in [0.2, 0.25) is 0 Å². The Morgan fingerprint density at radius 2 is 1.62 bits per heavy atom. The van der Waals surface area contributed by atoms with Crippen molar-refractivity contribution < 1.29 is 0 Å². The van der Waals surface area contributed by atoms with E-state index in [1.165, 1.54) is 0 Å². The van der Waals surface area contributed by atoms with Crippen molar-refractivity contribution in [3.05, 3.63) is 0 Å². The quantitative estimate of drug-likeness (QED) is 0.507. The predicted molar refractivity (Wildman–Crippen MR) is 43.2 cm³/mol.